The maximum absolute atomic E-state index is 13.5. The average Bonchev–Trinajstić information content (AvgIpc) is 3.49. The van der Waals surface area contributed by atoms with Crippen molar-refractivity contribution in [2.24, 2.45) is 0 Å². The Bertz CT molecular complexity index is 1790. The van der Waals surface area contributed by atoms with E-state index in [4.69, 9.17) is 21.2 Å². The molecule has 2 aromatic heterocycles. The second-order valence-electron chi connectivity index (χ2n) is 12.1. The van der Waals surface area contributed by atoms with Gasteiger partial charge in [-0.05, 0) is 69.0 Å². The van der Waals surface area contributed by atoms with E-state index in [0.29, 0.717) is 11.5 Å². The number of nitrogens with two attached hydrogens (primary N) is 2. The summed E-state index contributed by atoms with van der Waals surface area (Å²) in [4.78, 5) is 29.7. The van der Waals surface area contributed by atoms with Crippen LogP contribution in [0.25, 0.3) is 22.6 Å². The molecular weight excluding hydrogens is 625 g/mol. The molecule has 1 saturated heterocycles. The largest absolute Gasteiger partial charge is 0.444 e. The van der Waals surface area contributed by atoms with Gasteiger partial charge in [0.25, 0.3) is 0 Å². The molecule has 3 heterocycles. The number of rotatable bonds is 8. The number of nitrogens with zero attached hydrogens (tertiary/aromatic N) is 6. The zero-order valence-electron chi connectivity index (χ0n) is 26.7. The van der Waals surface area contributed by atoms with Gasteiger partial charge in [-0.1, -0.05) is 31.2 Å². The molecule has 12 nitrogen and oxygen atoms in total. The first kappa shape index (κ1) is 33.1. The first-order valence-electron chi connectivity index (χ1n) is 15.1. The van der Waals surface area contributed by atoms with Crippen LogP contribution in [0.3, 0.4) is 0 Å². The summed E-state index contributed by atoms with van der Waals surface area (Å²) < 4.78 is 33.8. The van der Waals surface area contributed by atoms with E-state index in [1.165, 1.54) is 21.7 Å². The van der Waals surface area contributed by atoms with Gasteiger partial charge in [-0.3, -0.25) is 0 Å². The third-order valence-corrected chi connectivity index (χ3v) is 10.2. The Morgan fingerprint density at radius 1 is 0.957 bits per heavy atom. The van der Waals surface area contributed by atoms with E-state index >= 15 is 0 Å². The molecule has 46 heavy (non-hydrogen) atoms. The maximum atomic E-state index is 13.5. The van der Waals surface area contributed by atoms with Crippen molar-refractivity contribution in [2.75, 3.05) is 49.1 Å². The highest BCUT2D eigenvalue weighted by Gasteiger charge is 2.32. The van der Waals surface area contributed by atoms with E-state index in [0.717, 1.165) is 40.5 Å². The molecule has 1 aliphatic heterocycles. The van der Waals surface area contributed by atoms with Crippen molar-refractivity contribution < 1.29 is 17.9 Å². The second kappa shape index (κ2) is 13.2. The van der Waals surface area contributed by atoms with Crippen LogP contribution in [0.4, 0.5) is 27.2 Å². The fourth-order valence-electron chi connectivity index (χ4n) is 5.12. The number of piperazine rings is 1. The summed E-state index contributed by atoms with van der Waals surface area (Å²) in [6, 6.07) is 14.6. The van der Waals surface area contributed by atoms with Crippen LogP contribution in [0.15, 0.2) is 58.8 Å². The van der Waals surface area contributed by atoms with Gasteiger partial charge < -0.3 is 26.0 Å². The van der Waals surface area contributed by atoms with Gasteiger partial charge in [0.2, 0.25) is 10.0 Å². The number of hydrogen-bond acceptors (Lipinski definition) is 11. The second-order valence-corrected chi connectivity index (χ2v) is 14.9. The molecule has 1 fully saturated rings. The number of benzene rings is 2. The Morgan fingerprint density at radius 2 is 1.59 bits per heavy atom. The number of hydrogen-bond donors (Lipinski definition) is 2. The summed E-state index contributed by atoms with van der Waals surface area (Å²) >= 11 is 1.48. The zero-order chi connectivity index (χ0) is 33.2. The van der Waals surface area contributed by atoms with Crippen LogP contribution in [0.2, 0.25) is 0 Å². The monoisotopic (exact) mass is 664 g/mol. The van der Waals surface area contributed by atoms with Gasteiger partial charge >= 0.3 is 6.09 Å². The number of anilines is 4. The molecule has 5 rings (SSSR count). The number of carbonyl (C=O) groups excluding carboxylic acids is 1. The van der Waals surface area contributed by atoms with Crippen LogP contribution < -0.4 is 16.4 Å². The highest BCUT2D eigenvalue weighted by Crippen LogP contribution is 2.36. The highest BCUT2D eigenvalue weighted by atomic mass is 32.2. The third kappa shape index (κ3) is 7.40. The lowest BCUT2D eigenvalue weighted by atomic mass is 10.0. The Balaban J connectivity index is 1.34. The topological polar surface area (TPSA) is 161 Å². The van der Waals surface area contributed by atoms with E-state index in [1.807, 2.05) is 23.6 Å². The van der Waals surface area contributed by atoms with Crippen molar-refractivity contribution in [2.45, 2.75) is 51.5 Å². The highest BCUT2D eigenvalue weighted by molar-refractivity contribution is 7.89. The number of thiazole rings is 1. The summed E-state index contributed by atoms with van der Waals surface area (Å²) in [5, 5.41) is 2.68. The summed E-state index contributed by atoms with van der Waals surface area (Å²) in [6.45, 7) is 11.3. The van der Waals surface area contributed by atoms with Crippen molar-refractivity contribution >= 4 is 49.9 Å². The van der Waals surface area contributed by atoms with E-state index in [-0.39, 0.29) is 42.7 Å². The lowest BCUT2D eigenvalue weighted by Gasteiger charge is -2.35. The van der Waals surface area contributed by atoms with Crippen molar-refractivity contribution in [1.82, 2.24) is 24.2 Å². The van der Waals surface area contributed by atoms with Crippen molar-refractivity contribution in [1.29, 1.82) is 0 Å². The van der Waals surface area contributed by atoms with Crippen LogP contribution in [-0.2, 0) is 14.8 Å². The molecule has 4 aromatic rings. The van der Waals surface area contributed by atoms with E-state index in [9.17, 15) is 13.2 Å². The lowest BCUT2D eigenvalue weighted by Crippen LogP contribution is -2.51. The van der Waals surface area contributed by atoms with Gasteiger partial charge in [0.15, 0.2) is 11.0 Å². The number of ether oxygens (including phenoxy) is 1. The molecule has 0 atom stereocenters. The molecule has 0 aliphatic carbocycles. The molecule has 2 aromatic carbocycles. The zero-order valence-corrected chi connectivity index (χ0v) is 28.4. The summed E-state index contributed by atoms with van der Waals surface area (Å²) in [5.41, 5.74) is 15.6. The number of carbonyl (C=O) groups is 1. The van der Waals surface area contributed by atoms with Gasteiger partial charge in [0.1, 0.15) is 22.9 Å². The molecule has 14 heteroatoms. The Morgan fingerprint density at radius 3 is 2.20 bits per heavy atom. The van der Waals surface area contributed by atoms with Gasteiger partial charge in [-0.2, -0.15) is 4.31 Å². The van der Waals surface area contributed by atoms with Gasteiger partial charge in [-0.15, -0.1) is 11.3 Å². The number of nitrogen functional groups attached to an aromatic ring is 2. The predicted octanol–water partition coefficient (Wildman–Crippen LogP) is 5.53. The molecule has 0 unspecified atom stereocenters. The number of aromatic nitrogens is 3. The minimum atomic E-state index is -3.73. The molecule has 0 radical (unpaired) electrons. The quantitative estimate of drug-likeness (QED) is 0.245. The molecule has 1 amide bonds. The predicted molar refractivity (Wildman–Crippen MR) is 182 cm³/mol. The van der Waals surface area contributed by atoms with E-state index < -0.39 is 21.7 Å². The Labute approximate surface area is 274 Å². The fraction of sp³-hybridized carbons (Fsp3) is 0.375. The van der Waals surface area contributed by atoms with Gasteiger partial charge in [-0.25, -0.2) is 28.2 Å². The van der Waals surface area contributed by atoms with Gasteiger partial charge in [0.05, 0.1) is 4.90 Å². The molecule has 0 saturated carbocycles. The van der Waals surface area contributed by atoms with Crippen LogP contribution in [0.1, 0.15) is 39.7 Å². The molecule has 4 N–H and O–H groups in total. The molecular formula is C32H40N8O4S2. The lowest BCUT2D eigenvalue weighted by molar-refractivity contribution is 0.0192. The number of sulfonamides is 1. The fourth-order valence-corrected chi connectivity index (χ4v) is 7.38. The van der Waals surface area contributed by atoms with Crippen LogP contribution in [0.5, 0.6) is 0 Å². The first-order chi connectivity index (χ1) is 21.7. The van der Waals surface area contributed by atoms with Crippen LogP contribution in [0, 0.1) is 6.92 Å². The summed E-state index contributed by atoms with van der Waals surface area (Å²) in [7, 11) is -3.73. The molecule has 0 spiro atoms. The number of amides is 1. The van der Waals surface area contributed by atoms with Crippen molar-refractivity contribution in [3.8, 4) is 22.6 Å². The average molecular weight is 665 g/mol. The summed E-state index contributed by atoms with van der Waals surface area (Å²) in [6.07, 6.45) is 0.457. The molecule has 0 bridgehead atoms. The normalized spacial score (nSPS) is 14.3. The molecule has 244 valence electrons. The minimum Gasteiger partial charge on any atom is -0.444 e. The minimum absolute atomic E-state index is 0.202. The standard InChI is InChI=1S/C32H40N8O4S2/c1-6-13-40(30-35-25(20-45-30)29-36-27(33)19-28(34)37-29)26-18-23(8-7-21(26)2)22-9-11-24(12-10-22)46(42,43)39-16-14-38(15-17-39)31(41)44-32(3,4)5/h7-12,18-20H,6,13-17H2,1-5H3,(H4,33,34,36,37). The van der Waals surface area contributed by atoms with E-state index in [1.54, 1.807) is 37.8 Å². The van der Waals surface area contributed by atoms with Crippen molar-refractivity contribution in [3.63, 3.8) is 0 Å². The smallest absolute Gasteiger partial charge is 0.410 e. The summed E-state index contributed by atoms with van der Waals surface area (Å²) in [5.74, 6) is 0.943. The first-order valence-corrected chi connectivity index (χ1v) is 17.4. The Hall–Kier alpha value is -4.27. The molecule has 1 aliphatic rings. The van der Waals surface area contributed by atoms with Crippen LogP contribution in [-0.4, -0.2) is 77.0 Å². The van der Waals surface area contributed by atoms with E-state index in [2.05, 4.69) is 40.8 Å². The van der Waals surface area contributed by atoms with Crippen LogP contribution >= 0.6 is 11.3 Å². The van der Waals surface area contributed by atoms with Gasteiger partial charge in [0, 0.05) is 49.9 Å². The Kier molecular flexibility index (Phi) is 9.52. The maximum Gasteiger partial charge on any atom is 0.410 e. The third-order valence-electron chi connectivity index (χ3n) is 7.38. The van der Waals surface area contributed by atoms with Crippen molar-refractivity contribution in [3.05, 3.63) is 59.5 Å². The number of aryl methyl sites for hydroxylation is 1. The SMILES string of the molecule is CCCN(c1nc(-c2nc(N)cc(N)n2)cs1)c1cc(-c2ccc(S(=O)(=O)N3CCN(C(=O)OC(C)(C)C)CC3)cc2)ccc1C.